The molecule has 1 aliphatic heterocycles. The van der Waals surface area contributed by atoms with Crippen LogP contribution >= 0.6 is 0 Å². The van der Waals surface area contributed by atoms with Crippen LogP contribution in [0.2, 0.25) is 0 Å². The molecule has 2 heterocycles. The Balaban J connectivity index is 2.28. The van der Waals surface area contributed by atoms with Crippen LogP contribution in [0.25, 0.3) is 0 Å². The first-order valence-corrected chi connectivity index (χ1v) is 6.19. The summed E-state index contributed by atoms with van der Waals surface area (Å²) in [6.45, 7) is 6.76. The van der Waals surface area contributed by atoms with Crippen molar-refractivity contribution in [3.63, 3.8) is 0 Å². The molecule has 2 N–H and O–H groups in total. The molecule has 0 atom stereocenters. The summed E-state index contributed by atoms with van der Waals surface area (Å²) in [6.07, 6.45) is 0. The quantitative estimate of drug-likeness (QED) is 0.770. The van der Waals surface area contributed by atoms with Gasteiger partial charge in [-0.3, -0.25) is 9.59 Å². The van der Waals surface area contributed by atoms with Gasteiger partial charge in [0.25, 0.3) is 11.5 Å². The Morgan fingerprint density at radius 3 is 2.67 bits per heavy atom. The van der Waals surface area contributed by atoms with Gasteiger partial charge in [-0.15, -0.1) is 0 Å². The highest BCUT2D eigenvalue weighted by Crippen LogP contribution is 2.11. The monoisotopic (exact) mass is 250 g/mol. The summed E-state index contributed by atoms with van der Waals surface area (Å²) in [7, 11) is 0. The summed E-state index contributed by atoms with van der Waals surface area (Å²) in [5, 5.41) is 9.52. The molecule has 0 bridgehead atoms. The minimum Gasteiger partial charge on any atom is -0.336 e. The number of nitrogens with one attached hydrogen (secondary N) is 2. The average molecular weight is 250 g/mol. The number of hydrogen-bond acceptors (Lipinski definition) is 4. The first kappa shape index (κ1) is 12.8. The minimum atomic E-state index is -0.414. The van der Waals surface area contributed by atoms with Gasteiger partial charge in [0.2, 0.25) is 0 Å². The number of carbonyl (C=O) groups is 1. The fraction of sp³-hybridized carbons (Fsp3) is 0.583. The van der Waals surface area contributed by atoms with E-state index in [0.29, 0.717) is 13.1 Å². The second-order valence-electron chi connectivity index (χ2n) is 4.73. The lowest BCUT2D eigenvalue weighted by Gasteiger charge is -2.27. The summed E-state index contributed by atoms with van der Waals surface area (Å²) >= 11 is 0. The zero-order chi connectivity index (χ0) is 13.1. The third kappa shape index (κ3) is 2.59. The van der Waals surface area contributed by atoms with E-state index in [0.717, 1.165) is 18.8 Å². The highest BCUT2D eigenvalue weighted by molar-refractivity contribution is 5.94. The van der Waals surface area contributed by atoms with Crippen LogP contribution in [0.4, 0.5) is 0 Å². The molecule has 1 aromatic heterocycles. The summed E-state index contributed by atoms with van der Waals surface area (Å²) in [5.41, 5.74) is 0.506. The molecule has 1 aromatic rings. The maximum absolute atomic E-state index is 12.2. The number of hydrogen-bond donors (Lipinski definition) is 2. The number of amides is 1. The first-order valence-electron chi connectivity index (χ1n) is 6.19. The van der Waals surface area contributed by atoms with E-state index >= 15 is 0 Å². The van der Waals surface area contributed by atoms with E-state index in [9.17, 15) is 9.59 Å². The van der Waals surface area contributed by atoms with Crippen LogP contribution in [0.1, 0.15) is 35.8 Å². The Morgan fingerprint density at radius 2 is 2.06 bits per heavy atom. The average Bonchev–Trinajstić information content (AvgIpc) is 2.39. The van der Waals surface area contributed by atoms with Crippen molar-refractivity contribution < 1.29 is 4.79 Å². The first-order chi connectivity index (χ1) is 8.59. The number of piperazine rings is 1. The van der Waals surface area contributed by atoms with Gasteiger partial charge < -0.3 is 10.2 Å². The van der Waals surface area contributed by atoms with Crippen molar-refractivity contribution in [3.8, 4) is 0 Å². The van der Waals surface area contributed by atoms with Gasteiger partial charge in [0.1, 0.15) is 5.56 Å². The highest BCUT2D eigenvalue weighted by Gasteiger charge is 2.21. The molecule has 0 unspecified atom stereocenters. The third-order valence-electron chi connectivity index (χ3n) is 3.05. The van der Waals surface area contributed by atoms with Crippen LogP contribution in [-0.4, -0.2) is 47.2 Å². The lowest BCUT2D eigenvalue weighted by atomic mass is 10.1. The van der Waals surface area contributed by atoms with E-state index in [-0.39, 0.29) is 17.4 Å². The minimum absolute atomic E-state index is 0.177. The van der Waals surface area contributed by atoms with Crippen molar-refractivity contribution in [2.24, 2.45) is 0 Å². The van der Waals surface area contributed by atoms with Crippen molar-refractivity contribution >= 4 is 5.91 Å². The number of nitrogens with zero attached hydrogens (tertiary/aromatic N) is 2. The smallest absolute Gasteiger partial charge is 0.277 e. The highest BCUT2D eigenvalue weighted by atomic mass is 16.2. The molecule has 1 fully saturated rings. The fourth-order valence-corrected chi connectivity index (χ4v) is 1.91. The Kier molecular flexibility index (Phi) is 3.76. The van der Waals surface area contributed by atoms with E-state index in [1.807, 2.05) is 13.8 Å². The van der Waals surface area contributed by atoms with Crippen LogP contribution in [-0.2, 0) is 0 Å². The largest absolute Gasteiger partial charge is 0.336 e. The second-order valence-corrected chi connectivity index (χ2v) is 4.73. The molecule has 18 heavy (non-hydrogen) atoms. The molecule has 98 valence electrons. The Hall–Kier alpha value is -1.69. The number of carbonyl (C=O) groups excluding carboxylic acids is 1. The Morgan fingerprint density at radius 1 is 1.39 bits per heavy atom. The third-order valence-corrected chi connectivity index (χ3v) is 3.05. The van der Waals surface area contributed by atoms with Gasteiger partial charge >= 0.3 is 0 Å². The Labute approximate surface area is 105 Å². The van der Waals surface area contributed by atoms with Gasteiger partial charge in [0, 0.05) is 26.2 Å². The molecule has 1 saturated heterocycles. The molecule has 1 amide bonds. The summed E-state index contributed by atoms with van der Waals surface area (Å²) < 4.78 is 0. The van der Waals surface area contributed by atoms with E-state index in [1.165, 1.54) is 0 Å². The van der Waals surface area contributed by atoms with E-state index < -0.39 is 5.56 Å². The predicted molar refractivity (Wildman–Crippen MR) is 67.7 cm³/mol. The predicted octanol–water partition coefficient (Wildman–Crippen LogP) is -0.0613. The van der Waals surface area contributed by atoms with Crippen LogP contribution < -0.4 is 10.9 Å². The van der Waals surface area contributed by atoms with Crippen molar-refractivity contribution in [3.05, 3.63) is 27.7 Å². The molecule has 0 radical (unpaired) electrons. The van der Waals surface area contributed by atoms with Crippen molar-refractivity contribution in [2.45, 2.75) is 19.8 Å². The van der Waals surface area contributed by atoms with E-state index in [2.05, 4.69) is 15.5 Å². The number of aromatic amines is 1. The van der Waals surface area contributed by atoms with Crippen LogP contribution in [0, 0.1) is 0 Å². The van der Waals surface area contributed by atoms with Gasteiger partial charge in [-0.2, -0.15) is 5.10 Å². The zero-order valence-corrected chi connectivity index (χ0v) is 10.7. The normalized spacial score (nSPS) is 16.1. The van der Waals surface area contributed by atoms with Crippen molar-refractivity contribution in [2.75, 3.05) is 26.2 Å². The van der Waals surface area contributed by atoms with Crippen LogP contribution in [0.3, 0.4) is 0 Å². The molecule has 0 spiro atoms. The van der Waals surface area contributed by atoms with Gasteiger partial charge in [-0.25, -0.2) is 5.10 Å². The summed E-state index contributed by atoms with van der Waals surface area (Å²) in [5.74, 6) is -0.0292. The molecule has 6 heteroatoms. The molecule has 0 aliphatic carbocycles. The molecule has 0 saturated carbocycles. The van der Waals surface area contributed by atoms with Gasteiger partial charge in [0.15, 0.2) is 0 Å². The fourth-order valence-electron chi connectivity index (χ4n) is 1.91. The standard InChI is InChI=1S/C12H18N4O2/c1-8(2)10-7-9(11(17)15-14-10)12(18)16-5-3-13-4-6-16/h7-8,13H,3-6H2,1-2H3,(H,15,17). The molecular weight excluding hydrogens is 232 g/mol. The summed E-state index contributed by atoms with van der Waals surface area (Å²) in [6, 6.07) is 1.61. The van der Waals surface area contributed by atoms with Crippen LogP contribution in [0.5, 0.6) is 0 Å². The number of aromatic nitrogens is 2. The van der Waals surface area contributed by atoms with Crippen molar-refractivity contribution in [1.29, 1.82) is 0 Å². The van der Waals surface area contributed by atoms with Gasteiger partial charge in [-0.05, 0) is 12.0 Å². The molecule has 2 rings (SSSR count). The SMILES string of the molecule is CC(C)c1cc(C(=O)N2CCNCC2)c(=O)[nH]n1. The van der Waals surface area contributed by atoms with Crippen LogP contribution in [0.15, 0.2) is 10.9 Å². The maximum Gasteiger partial charge on any atom is 0.277 e. The van der Waals surface area contributed by atoms with Crippen molar-refractivity contribution in [1.82, 2.24) is 20.4 Å². The molecular formula is C12H18N4O2. The molecule has 1 aliphatic rings. The lowest BCUT2D eigenvalue weighted by Crippen LogP contribution is -2.47. The van der Waals surface area contributed by atoms with Gasteiger partial charge in [0.05, 0.1) is 5.69 Å². The number of rotatable bonds is 2. The topological polar surface area (TPSA) is 78.1 Å². The molecule has 0 aromatic carbocycles. The second kappa shape index (κ2) is 5.30. The lowest BCUT2D eigenvalue weighted by molar-refractivity contribution is 0.0733. The Bertz CT molecular complexity index is 489. The zero-order valence-electron chi connectivity index (χ0n) is 10.7. The number of H-pyrrole nitrogens is 1. The maximum atomic E-state index is 12.2. The van der Waals surface area contributed by atoms with Gasteiger partial charge in [-0.1, -0.05) is 13.8 Å². The van der Waals surface area contributed by atoms with E-state index in [1.54, 1.807) is 11.0 Å². The summed E-state index contributed by atoms with van der Waals surface area (Å²) in [4.78, 5) is 25.6. The molecule has 6 nitrogen and oxygen atoms in total. The van der Waals surface area contributed by atoms with E-state index in [4.69, 9.17) is 0 Å².